The number of nitrogens with one attached hydrogen (secondary N) is 1. The van der Waals surface area contributed by atoms with E-state index in [0.29, 0.717) is 24.6 Å². The van der Waals surface area contributed by atoms with Crippen molar-refractivity contribution in [2.24, 2.45) is 5.92 Å². The van der Waals surface area contributed by atoms with Gasteiger partial charge in [0.15, 0.2) is 5.82 Å². The van der Waals surface area contributed by atoms with E-state index < -0.39 is 0 Å². The molecule has 0 aromatic carbocycles. The number of carbonyl (C=O) groups is 1. The molecule has 1 rings (SSSR count). The third-order valence-electron chi connectivity index (χ3n) is 2.59. The van der Waals surface area contributed by atoms with Gasteiger partial charge in [-0.2, -0.15) is 4.37 Å². The molecule has 6 nitrogen and oxygen atoms in total. The van der Waals surface area contributed by atoms with Crippen molar-refractivity contribution in [3.63, 3.8) is 0 Å². The second-order valence-corrected chi connectivity index (χ2v) is 5.41. The summed E-state index contributed by atoms with van der Waals surface area (Å²) in [6.07, 6.45) is 0. The molecule has 0 saturated carbocycles. The lowest BCUT2D eigenvalue weighted by atomic mass is 10.2. The fourth-order valence-corrected chi connectivity index (χ4v) is 2.61. The second kappa shape index (κ2) is 7.30. The molecule has 0 radical (unpaired) electrons. The number of aromatic nitrogens is 1. The van der Waals surface area contributed by atoms with Gasteiger partial charge in [-0.25, -0.2) is 0 Å². The van der Waals surface area contributed by atoms with E-state index in [1.807, 2.05) is 0 Å². The van der Waals surface area contributed by atoms with Crippen molar-refractivity contribution in [2.75, 3.05) is 44.5 Å². The quantitative estimate of drug-likeness (QED) is 0.787. The number of methoxy groups -OCH3 is 1. The zero-order valence-electron chi connectivity index (χ0n) is 11.9. The van der Waals surface area contributed by atoms with Crippen LogP contribution < -0.4 is 16.0 Å². The molecule has 0 aliphatic rings. The van der Waals surface area contributed by atoms with E-state index in [-0.39, 0.29) is 11.7 Å². The first-order chi connectivity index (χ1) is 9.01. The summed E-state index contributed by atoms with van der Waals surface area (Å²) in [5, 5.41) is 3.41. The highest BCUT2D eigenvalue weighted by atomic mass is 32.1. The Morgan fingerprint density at radius 3 is 2.79 bits per heavy atom. The van der Waals surface area contributed by atoms with Crippen LogP contribution in [0.1, 0.15) is 24.2 Å². The zero-order chi connectivity index (χ0) is 14.4. The number of ether oxygens (including phenoxy) is 1. The number of amides is 1. The van der Waals surface area contributed by atoms with Crippen LogP contribution in [0.15, 0.2) is 0 Å². The molecule has 0 saturated heterocycles. The molecule has 7 heteroatoms. The molecule has 1 amide bonds. The zero-order valence-corrected chi connectivity index (χ0v) is 12.7. The van der Waals surface area contributed by atoms with Crippen LogP contribution in [0.2, 0.25) is 0 Å². The number of hydrogen-bond donors (Lipinski definition) is 2. The van der Waals surface area contributed by atoms with Crippen LogP contribution in [0, 0.1) is 5.92 Å². The minimum absolute atomic E-state index is 0.201. The molecule has 1 aromatic heterocycles. The summed E-state index contributed by atoms with van der Waals surface area (Å²) in [6, 6.07) is 0. The first-order valence-electron chi connectivity index (χ1n) is 6.22. The Labute approximate surface area is 118 Å². The third-order valence-corrected chi connectivity index (χ3v) is 3.52. The lowest BCUT2D eigenvalue weighted by molar-refractivity contribution is 0.0964. The van der Waals surface area contributed by atoms with Crippen molar-refractivity contribution in [3.05, 3.63) is 5.56 Å². The SMILES string of the molecule is CNC(=O)c1c(N)nsc1N(CCOC)CC(C)C. The van der Waals surface area contributed by atoms with Gasteiger partial charge in [-0.1, -0.05) is 13.8 Å². The number of nitrogens with zero attached hydrogens (tertiary/aromatic N) is 2. The highest BCUT2D eigenvalue weighted by molar-refractivity contribution is 7.11. The minimum atomic E-state index is -0.201. The van der Waals surface area contributed by atoms with Crippen molar-refractivity contribution in [1.82, 2.24) is 9.69 Å². The van der Waals surface area contributed by atoms with E-state index in [2.05, 4.69) is 28.4 Å². The number of hydrogen-bond acceptors (Lipinski definition) is 6. The van der Waals surface area contributed by atoms with E-state index in [0.717, 1.165) is 11.5 Å². The maximum atomic E-state index is 11.9. The number of anilines is 2. The second-order valence-electron chi connectivity index (χ2n) is 4.66. The Morgan fingerprint density at radius 1 is 1.58 bits per heavy atom. The first-order valence-corrected chi connectivity index (χ1v) is 6.99. The fraction of sp³-hybridized carbons (Fsp3) is 0.667. The number of nitrogens with two attached hydrogens (primary N) is 1. The highest BCUT2D eigenvalue weighted by Crippen LogP contribution is 2.30. The van der Waals surface area contributed by atoms with Crippen LogP contribution in [0.3, 0.4) is 0 Å². The van der Waals surface area contributed by atoms with Gasteiger partial charge in [0.2, 0.25) is 0 Å². The van der Waals surface area contributed by atoms with Crippen LogP contribution in [0.4, 0.5) is 10.8 Å². The molecule has 1 heterocycles. The van der Waals surface area contributed by atoms with Crippen molar-refractivity contribution in [1.29, 1.82) is 0 Å². The molecule has 19 heavy (non-hydrogen) atoms. The first kappa shape index (κ1) is 15.7. The molecule has 108 valence electrons. The number of nitrogen functional groups attached to an aromatic ring is 1. The van der Waals surface area contributed by atoms with Crippen molar-refractivity contribution in [3.8, 4) is 0 Å². The van der Waals surface area contributed by atoms with Crippen LogP contribution in [0.5, 0.6) is 0 Å². The van der Waals surface area contributed by atoms with E-state index in [4.69, 9.17) is 10.5 Å². The predicted molar refractivity (Wildman–Crippen MR) is 78.8 cm³/mol. The number of carbonyl (C=O) groups excluding carboxylic acids is 1. The van der Waals surface area contributed by atoms with Gasteiger partial charge in [0, 0.05) is 27.2 Å². The van der Waals surface area contributed by atoms with Crippen molar-refractivity contribution < 1.29 is 9.53 Å². The summed E-state index contributed by atoms with van der Waals surface area (Å²) in [7, 11) is 3.25. The molecule has 0 bridgehead atoms. The largest absolute Gasteiger partial charge is 0.383 e. The Hall–Kier alpha value is -1.34. The van der Waals surface area contributed by atoms with Crippen LogP contribution in [-0.4, -0.2) is 44.1 Å². The van der Waals surface area contributed by atoms with E-state index in [9.17, 15) is 4.79 Å². The summed E-state index contributed by atoms with van der Waals surface area (Å²) in [6.45, 7) is 6.39. The fourth-order valence-electron chi connectivity index (χ4n) is 1.77. The van der Waals surface area contributed by atoms with Gasteiger partial charge in [-0.3, -0.25) is 4.79 Å². The van der Waals surface area contributed by atoms with Crippen molar-refractivity contribution >= 4 is 28.3 Å². The summed E-state index contributed by atoms with van der Waals surface area (Å²) in [5.74, 6) is 0.552. The average molecular weight is 286 g/mol. The van der Waals surface area contributed by atoms with Crippen LogP contribution >= 0.6 is 11.5 Å². The molecule has 0 aliphatic heterocycles. The molecule has 3 N–H and O–H groups in total. The normalized spacial score (nSPS) is 10.8. The minimum Gasteiger partial charge on any atom is -0.383 e. The summed E-state index contributed by atoms with van der Waals surface area (Å²) in [5.41, 5.74) is 6.26. The Bertz CT molecular complexity index is 420. The Morgan fingerprint density at radius 2 is 2.26 bits per heavy atom. The lowest BCUT2D eigenvalue weighted by Gasteiger charge is -2.25. The van der Waals surface area contributed by atoms with Crippen molar-refractivity contribution in [2.45, 2.75) is 13.8 Å². The van der Waals surface area contributed by atoms with Crippen LogP contribution in [0.25, 0.3) is 0 Å². The molecular weight excluding hydrogens is 264 g/mol. The smallest absolute Gasteiger partial charge is 0.257 e. The van der Waals surface area contributed by atoms with E-state index in [1.54, 1.807) is 14.2 Å². The maximum Gasteiger partial charge on any atom is 0.257 e. The molecule has 0 fully saturated rings. The van der Waals surface area contributed by atoms with Gasteiger partial charge in [0.1, 0.15) is 10.6 Å². The maximum absolute atomic E-state index is 11.9. The van der Waals surface area contributed by atoms with E-state index >= 15 is 0 Å². The topological polar surface area (TPSA) is 80.5 Å². The van der Waals surface area contributed by atoms with Gasteiger partial charge >= 0.3 is 0 Å². The monoisotopic (exact) mass is 286 g/mol. The number of rotatable bonds is 7. The predicted octanol–water partition coefficient (Wildman–Crippen LogP) is 1.19. The molecule has 0 atom stereocenters. The van der Waals surface area contributed by atoms with Crippen LogP contribution in [-0.2, 0) is 4.74 Å². The summed E-state index contributed by atoms with van der Waals surface area (Å²) >= 11 is 1.25. The summed E-state index contributed by atoms with van der Waals surface area (Å²) in [4.78, 5) is 14.0. The third kappa shape index (κ3) is 4.07. The highest BCUT2D eigenvalue weighted by Gasteiger charge is 2.23. The van der Waals surface area contributed by atoms with Gasteiger partial charge in [0.25, 0.3) is 5.91 Å². The van der Waals surface area contributed by atoms with Gasteiger partial charge in [-0.15, -0.1) is 0 Å². The molecule has 1 aromatic rings. The molecule has 0 unspecified atom stereocenters. The van der Waals surface area contributed by atoms with Gasteiger partial charge in [0.05, 0.1) is 6.61 Å². The molecule has 0 spiro atoms. The Balaban J connectivity index is 3.03. The van der Waals surface area contributed by atoms with E-state index in [1.165, 1.54) is 11.5 Å². The average Bonchev–Trinajstić information content (AvgIpc) is 2.75. The molecular formula is C12H22N4O2S. The summed E-state index contributed by atoms with van der Waals surface area (Å²) < 4.78 is 9.22. The Kier molecular flexibility index (Phi) is 6.04. The van der Waals surface area contributed by atoms with Gasteiger partial charge < -0.3 is 20.7 Å². The van der Waals surface area contributed by atoms with Gasteiger partial charge in [-0.05, 0) is 17.5 Å². The molecule has 0 aliphatic carbocycles. The lowest BCUT2D eigenvalue weighted by Crippen LogP contribution is -2.32. The standard InChI is InChI=1S/C12H22N4O2S/c1-8(2)7-16(5-6-18-4)12-9(11(17)14-3)10(13)15-19-12/h8H,5-7H2,1-4H3,(H2,13,15)(H,14,17).